The number of rotatable bonds is 5. The molecule has 1 amide bonds. The van der Waals surface area contributed by atoms with Gasteiger partial charge in [-0.1, -0.05) is 25.1 Å². The SMILES string of the molecule is Cc1ccc(-n2nnc(C(=O)NCC(C)C)c2-c2ccncc2)cc1C. The van der Waals surface area contributed by atoms with Gasteiger partial charge in [0.05, 0.1) is 5.69 Å². The molecule has 3 rings (SSSR count). The quantitative estimate of drug-likeness (QED) is 0.767. The van der Waals surface area contributed by atoms with E-state index in [4.69, 9.17) is 0 Å². The van der Waals surface area contributed by atoms with Crippen LogP contribution in [0, 0.1) is 19.8 Å². The van der Waals surface area contributed by atoms with Crippen LogP contribution in [0.4, 0.5) is 0 Å². The van der Waals surface area contributed by atoms with Crippen molar-refractivity contribution in [1.29, 1.82) is 0 Å². The van der Waals surface area contributed by atoms with E-state index in [1.165, 1.54) is 5.56 Å². The number of amides is 1. The van der Waals surface area contributed by atoms with Gasteiger partial charge >= 0.3 is 0 Å². The Balaban J connectivity index is 2.10. The van der Waals surface area contributed by atoms with Crippen molar-refractivity contribution >= 4 is 5.91 Å². The van der Waals surface area contributed by atoms with Crippen LogP contribution in [0.15, 0.2) is 42.7 Å². The van der Waals surface area contributed by atoms with E-state index in [-0.39, 0.29) is 5.91 Å². The fourth-order valence-electron chi connectivity index (χ4n) is 2.62. The van der Waals surface area contributed by atoms with E-state index in [2.05, 4.69) is 48.3 Å². The lowest BCUT2D eigenvalue weighted by Gasteiger charge is -2.11. The molecule has 0 aliphatic carbocycles. The Bertz CT molecular complexity index is 915. The Labute approximate surface area is 153 Å². The summed E-state index contributed by atoms with van der Waals surface area (Å²) in [6.45, 7) is 8.81. The molecular weight excluding hydrogens is 326 g/mol. The third-order valence-electron chi connectivity index (χ3n) is 4.25. The lowest BCUT2D eigenvalue weighted by atomic mass is 10.1. The van der Waals surface area contributed by atoms with Gasteiger partial charge < -0.3 is 5.32 Å². The molecule has 0 aliphatic rings. The second-order valence-electron chi connectivity index (χ2n) is 6.81. The van der Waals surface area contributed by atoms with Gasteiger partial charge in [0, 0.05) is 24.5 Å². The molecule has 2 aromatic heterocycles. The molecule has 1 N–H and O–H groups in total. The number of nitrogens with zero attached hydrogens (tertiary/aromatic N) is 4. The topological polar surface area (TPSA) is 72.7 Å². The minimum atomic E-state index is -0.222. The van der Waals surface area contributed by atoms with Gasteiger partial charge in [0.15, 0.2) is 5.69 Å². The molecule has 6 heteroatoms. The summed E-state index contributed by atoms with van der Waals surface area (Å²) in [5.74, 6) is 0.138. The summed E-state index contributed by atoms with van der Waals surface area (Å²) in [5.41, 5.74) is 5.05. The Morgan fingerprint density at radius 2 is 1.85 bits per heavy atom. The van der Waals surface area contributed by atoms with E-state index >= 15 is 0 Å². The number of nitrogens with one attached hydrogen (secondary N) is 1. The molecule has 0 spiro atoms. The van der Waals surface area contributed by atoms with E-state index < -0.39 is 0 Å². The fourth-order valence-corrected chi connectivity index (χ4v) is 2.62. The first kappa shape index (κ1) is 17.8. The molecule has 2 heterocycles. The van der Waals surface area contributed by atoms with Crippen LogP contribution in [-0.4, -0.2) is 32.4 Å². The molecule has 0 radical (unpaired) electrons. The Morgan fingerprint density at radius 3 is 2.50 bits per heavy atom. The molecule has 0 aliphatic heterocycles. The first-order valence-electron chi connectivity index (χ1n) is 8.69. The van der Waals surface area contributed by atoms with Crippen molar-refractivity contribution in [2.45, 2.75) is 27.7 Å². The number of aromatic nitrogens is 4. The maximum atomic E-state index is 12.7. The molecule has 6 nitrogen and oxygen atoms in total. The standard InChI is InChI=1S/C20H23N5O/c1-13(2)12-22-20(26)18-19(16-7-9-21-10-8-16)25(24-23-18)17-6-5-14(3)15(4)11-17/h5-11,13H,12H2,1-4H3,(H,22,26). The van der Waals surface area contributed by atoms with Gasteiger partial charge in [-0.3, -0.25) is 9.78 Å². The first-order chi connectivity index (χ1) is 12.5. The van der Waals surface area contributed by atoms with E-state index in [0.717, 1.165) is 16.8 Å². The summed E-state index contributed by atoms with van der Waals surface area (Å²) >= 11 is 0. The molecule has 26 heavy (non-hydrogen) atoms. The van der Waals surface area contributed by atoms with Crippen molar-refractivity contribution in [3.8, 4) is 16.9 Å². The number of hydrogen-bond acceptors (Lipinski definition) is 4. The molecule has 134 valence electrons. The minimum absolute atomic E-state index is 0.222. The molecular formula is C20H23N5O. The summed E-state index contributed by atoms with van der Waals surface area (Å²) in [5, 5.41) is 11.4. The number of aryl methyl sites for hydroxylation is 2. The van der Waals surface area contributed by atoms with Gasteiger partial charge in [0.25, 0.3) is 5.91 Å². The predicted octanol–water partition coefficient (Wildman–Crippen LogP) is 3.33. The largest absolute Gasteiger partial charge is 0.350 e. The number of benzene rings is 1. The monoisotopic (exact) mass is 349 g/mol. The van der Waals surface area contributed by atoms with Crippen LogP contribution in [0.3, 0.4) is 0 Å². The minimum Gasteiger partial charge on any atom is -0.350 e. The van der Waals surface area contributed by atoms with Gasteiger partial charge in [0.2, 0.25) is 0 Å². The molecule has 0 fully saturated rings. The van der Waals surface area contributed by atoms with Gasteiger partial charge in [-0.2, -0.15) is 0 Å². The van der Waals surface area contributed by atoms with Crippen LogP contribution in [-0.2, 0) is 0 Å². The molecule has 0 saturated carbocycles. The second-order valence-corrected chi connectivity index (χ2v) is 6.81. The summed E-state index contributed by atoms with van der Waals surface area (Å²) < 4.78 is 1.71. The maximum Gasteiger partial charge on any atom is 0.274 e. The van der Waals surface area contributed by atoms with Gasteiger partial charge in [-0.05, 0) is 55.2 Å². The van der Waals surface area contributed by atoms with E-state index in [1.807, 2.05) is 30.3 Å². The fraction of sp³-hybridized carbons (Fsp3) is 0.300. The van der Waals surface area contributed by atoms with E-state index in [0.29, 0.717) is 23.9 Å². The van der Waals surface area contributed by atoms with Crippen molar-refractivity contribution < 1.29 is 4.79 Å². The lowest BCUT2D eigenvalue weighted by Crippen LogP contribution is -2.28. The zero-order valence-corrected chi connectivity index (χ0v) is 15.5. The van der Waals surface area contributed by atoms with Crippen LogP contribution in [0.5, 0.6) is 0 Å². The Kier molecular flexibility index (Phi) is 5.11. The van der Waals surface area contributed by atoms with Crippen molar-refractivity contribution in [3.05, 3.63) is 59.5 Å². The van der Waals surface area contributed by atoms with Crippen molar-refractivity contribution in [1.82, 2.24) is 25.3 Å². The zero-order valence-electron chi connectivity index (χ0n) is 15.5. The molecule has 0 bridgehead atoms. The average Bonchev–Trinajstić information content (AvgIpc) is 3.08. The molecule has 1 aromatic carbocycles. The highest BCUT2D eigenvalue weighted by molar-refractivity contribution is 5.98. The third-order valence-corrected chi connectivity index (χ3v) is 4.25. The van der Waals surface area contributed by atoms with Crippen LogP contribution in [0.25, 0.3) is 16.9 Å². The van der Waals surface area contributed by atoms with E-state index in [1.54, 1.807) is 17.1 Å². The van der Waals surface area contributed by atoms with Crippen LogP contribution in [0.2, 0.25) is 0 Å². The van der Waals surface area contributed by atoms with Crippen molar-refractivity contribution in [3.63, 3.8) is 0 Å². The van der Waals surface area contributed by atoms with E-state index in [9.17, 15) is 4.79 Å². The summed E-state index contributed by atoms with van der Waals surface area (Å²) in [7, 11) is 0. The third kappa shape index (κ3) is 3.64. The average molecular weight is 349 g/mol. The van der Waals surface area contributed by atoms with Gasteiger partial charge in [-0.15, -0.1) is 5.10 Å². The highest BCUT2D eigenvalue weighted by atomic mass is 16.2. The van der Waals surface area contributed by atoms with Crippen molar-refractivity contribution in [2.24, 2.45) is 5.92 Å². The van der Waals surface area contributed by atoms with Crippen LogP contribution >= 0.6 is 0 Å². The van der Waals surface area contributed by atoms with Crippen molar-refractivity contribution in [2.75, 3.05) is 6.54 Å². The Morgan fingerprint density at radius 1 is 1.12 bits per heavy atom. The number of carbonyl (C=O) groups is 1. The van der Waals surface area contributed by atoms with Crippen LogP contribution in [0.1, 0.15) is 35.5 Å². The van der Waals surface area contributed by atoms with Gasteiger partial charge in [0.1, 0.15) is 5.69 Å². The molecule has 3 aromatic rings. The van der Waals surface area contributed by atoms with Crippen LogP contribution < -0.4 is 5.32 Å². The zero-order chi connectivity index (χ0) is 18.7. The highest BCUT2D eigenvalue weighted by Crippen LogP contribution is 2.25. The summed E-state index contributed by atoms with van der Waals surface area (Å²) in [4.78, 5) is 16.7. The summed E-state index contributed by atoms with van der Waals surface area (Å²) in [6.07, 6.45) is 3.39. The predicted molar refractivity (Wildman–Crippen MR) is 101 cm³/mol. The lowest BCUT2D eigenvalue weighted by molar-refractivity contribution is 0.0944. The second kappa shape index (κ2) is 7.47. The number of hydrogen-bond donors (Lipinski definition) is 1. The normalized spacial score (nSPS) is 11.0. The summed E-state index contributed by atoms with van der Waals surface area (Å²) in [6, 6.07) is 9.79. The smallest absolute Gasteiger partial charge is 0.274 e. The van der Waals surface area contributed by atoms with Gasteiger partial charge in [-0.25, -0.2) is 4.68 Å². The Hall–Kier alpha value is -3.02. The maximum absolute atomic E-state index is 12.7. The molecule has 0 saturated heterocycles. The molecule has 0 unspecified atom stereocenters. The number of pyridine rings is 1. The molecule has 0 atom stereocenters. The first-order valence-corrected chi connectivity index (χ1v) is 8.69. The highest BCUT2D eigenvalue weighted by Gasteiger charge is 2.22. The number of carbonyl (C=O) groups excluding carboxylic acids is 1.